The lowest BCUT2D eigenvalue weighted by molar-refractivity contribution is 0.0726. The third kappa shape index (κ3) is 4.21. The fourth-order valence-electron chi connectivity index (χ4n) is 3.17. The summed E-state index contributed by atoms with van der Waals surface area (Å²) in [6.45, 7) is 12.1. The number of nitrogens with one attached hydrogen (secondary N) is 1. The average molecular weight is 309 g/mol. The molecule has 2 unspecified atom stereocenters. The van der Waals surface area contributed by atoms with Crippen LogP contribution in [0.5, 0.6) is 0 Å². The summed E-state index contributed by atoms with van der Waals surface area (Å²) in [5.41, 5.74) is 2.71. The number of rotatable bonds is 5. The molecular weight excluding hydrogens is 280 g/mol. The molecule has 0 bridgehead atoms. The summed E-state index contributed by atoms with van der Waals surface area (Å²) in [6, 6.07) is 7.04. The predicted molar refractivity (Wildman–Crippen MR) is 92.0 cm³/mol. The van der Waals surface area contributed by atoms with E-state index in [-0.39, 0.29) is 5.54 Å². The summed E-state index contributed by atoms with van der Waals surface area (Å²) in [7, 11) is 0. The molecule has 1 aliphatic heterocycles. The van der Waals surface area contributed by atoms with Gasteiger partial charge in [-0.05, 0) is 43.9 Å². The van der Waals surface area contributed by atoms with Crippen LogP contribution in [0.3, 0.4) is 0 Å². The van der Waals surface area contributed by atoms with Gasteiger partial charge in [0.05, 0.1) is 0 Å². The van der Waals surface area contributed by atoms with Gasteiger partial charge in [-0.15, -0.1) is 0 Å². The van der Waals surface area contributed by atoms with Gasteiger partial charge in [0.2, 0.25) is 0 Å². The molecule has 0 amide bonds. The molecular formula is C18H29ClN2. The largest absolute Gasteiger partial charge is 0.309 e. The molecule has 118 valence electrons. The topological polar surface area (TPSA) is 15.3 Å². The quantitative estimate of drug-likeness (QED) is 0.868. The Labute approximate surface area is 134 Å². The number of nitrogens with zero attached hydrogens (tertiary/aromatic N) is 1. The van der Waals surface area contributed by atoms with Crippen molar-refractivity contribution in [3.63, 3.8) is 0 Å². The molecule has 0 spiro atoms. The van der Waals surface area contributed by atoms with Gasteiger partial charge in [0, 0.05) is 36.2 Å². The summed E-state index contributed by atoms with van der Waals surface area (Å²) < 4.78 is 0. The van der Waals surface area contributed by atoms with E-state index in [2.05, 4.69) is 56.1 Å². The highest BCUT2D eigenvalue weighted by Gasteiger charge is 2.34. The summed E-state index contributed by atoms with van der Waals surface area (Å²) in [4.78, 5) is 2.63. The molecule has 1 aromatic rings. The van der Waals surface area contributed by atoms with E-state index in [1.54, 1.807) is 0 Å². The first-order valence-corrected chi connectivity index (χ1v) is 8.59. The van der Waals surface area contributed by atoms with Gasteiger partial charge in [0.25, 0.3) is 0 Å². The number of piperazine rings is 1. The highest BCUT2D eigenvalue weighted by Crippen LogP contribution is 2.26. The van der Waals surface area contributed by atoms with Gasteiger partial charge >= 0.3 is 0 Å². The summed E-state index contributed by atoms with van der Waals surface area (Å²) >= 11 is 6.44. The van der Waals surface area contributed by atoms with Crippen molar-refractivity contribution in [3.8, 4) is 0 Å². The molecule has 2 nitrogen and oxygen atoms in total. The number of halogens is 1. The molecule has 0 aliphatic carbocycles. The second-order valence-corrected chi connectivity index (χ2v) is 7.14. The standard InChI is InChI=1S/C18H29ClN2/c1-5-7-16-11-20-18(4,6-2)13-21(16)12-15-9-8-14(3)10-17(15)19/h8-10,16,20H,5-7,11-13H2,1-4H3. The summed E-state index contributed by atoms with van der Waals surface area (Å²) in [5, 5.41) is 4.65. The minimum Gasteiger partial charge on any atom is -0.309 e. The Bertz CT molecular complexity index is 474. The number of aryl methyl sites for hydroxylation is 1. The van der Waals surface area contributed by atoms with Gasteiger partial charge in [-0.25, -0.2) is 0 Å². The first-order chi connectivity index (χ1) is 9.97. The third-order valence-electron chi connectivity index (χ3n) is 4.82. The van der Waals surface area contributed by atoms with E-state index >= 15 is 0 Å². The molecule has 1 saturated heterocycles. The molecule has 1 fully saturated rings. The van der Waals surface area contributed by atoms with Crippen molar-refractivity contribution >= 4 is 11.6 Å². The first-order valence-electron chi connectivity index (χ1n) is 8.21. The van der Waals surface area contributed by atoms with Crippen LogP contribution in [-0.4, -0.2) is 29.6 Å². The summed E-state index contributed by atoms with van der Waals surface area (Å²) in [6.07, 6.45) is 3.63. The Balaban J connectivity index is 2.15. The molecule has 1 N–H and O–H groups in total. The average Bonchev–Trinajstić information content (AvgIpc) is 2.45. The van der Waals surface area contributed by atoms with E-state index < -0.39 is 0 Å². The van der Waals surface area contributed by atoms with Crippen LogP contribution in [0.25, 0.3) is 0 Å². The zero-order chi connectivity index (χ0) is 15.5. The van der Waals surface area contributed by atoms with E-state index in [1.807, 2.05) is 0 Å². The van der Waals surface area contributed by atoms with Gasteiger partial charge in [-0.2, -0.15) is 0 Å². The van der Waals surface area contributed by atoms with Crippen molar-refractivity contribution < 1.29 is 0 Å². The third-order valence-corrected chi connectivity index (χ3v) is 5.17. The van der Waals surface area contributed by atoms with Crippen molar-refractivity contribution in [2.75, 3.05) is 13.1 Å². The van der Waals surface area contributed by atoms with Crippen molar-refractivity contribution in [1.29, 1.82) is 0 Å². The molecule has 0 radical (unpaired) electrons. The molecule has 0 aromatic heterocycles. The monoisotopic (exact) mass is 308 g/mol. The zero-order valence-electron chi connectivity index (χ0n) is 13.9. The van der Waals surface area contributed by atoms with Crippen LogP contribution in [0, 0.1) is 6.92 Å². The minimum atomic E-state index is 0.224. The molecule has 1 aromatic carbocycles. The maximum absolute atomic E-state index is 6.44. The molecule has 21 heavy (non-hydrogen) atoms. The second kappa shape index (κ2) is 7.13. The van der Waals surface area contributed by atoms with Crippen molar-refractivity contribution in [2.45, 2.75) is 65.1 Å². The number of hydrogen-bond donors (Lipinski definition) is 1. The van der Waals surface area contributed by atoms with Crippen molar-refractivity contribution in [1.82, 2.24) is 10.2 Å². The lowest BCUT2D eigenvalue weighted by Crippen LogP contribution is -2.62. The van der Waals surface area contributed by atoms with E-state index in [0.717, 1.165) is 31.1 Å². The molecule has 2 atom stereocenters. The van der Waals surface area contributed by atoms with Gasteiger partial charge in [0.1, 0.15) is 0 Å². The summed E-state index contributed by atoms with van der Waals surface area (Å²) in [5.74, 6) is 0. The SMILES string of the molecule is CCCC1CNC(C)(CC)CN1Cc1ccc(C)cc1Cl. The zero-order valence-corrected chi connectivity index (χ0v) is 14.6. The Hall–Kier alpha value is -0.570. The number of hydrogen-bond acceptors (Lipinski definition) is 2. The predicted octanol–water partition coefficient (Wildman–Crippen LogP) is 4.39. The van der Waals surface area contributed by atoms with Gasteiger partial charge in [-0.1, -0.05) is 44.0 Å². The highest BCUT2D eigenvalue weighted by atomic mass is 35.5. The minimum absolute atomic E-state index is 0.224. The van der Waals surface area contributed by atoms with E-state index in [0.29, 0.717) is 6.04 Å². The van der Waals surface area contributed by atoms with Crippen LogP contribution in [0.2, 0.25) is 5.02 Å². The maximum atomic E-state index is 6.44. The van der Waals surface area contributed by atoms with Gasteiger partial charge in [0.15, 0.2) is 0 Å². The fraction of sp³-hybridized carbons (Fsp3) is 0.667. The molecule has 1 aliphatic rings. The van der Waals surface area contributed by atoms with E-state index in [9.17, 15) is 0 Å². The smallest absolute Gasteiger partial charge is 0.0453 e. The van der Waals surface area contributed by atoms with E-state index in [4.69, 9.17) is 11.6 Å². The molecule has 3 heteroatoms. The lowest BCUT2D eigenvalue weighted by atomic mass is 9.92. The van der Waals surface area contributed by atoms with Gasteiger partial charge in [-0.3, -0.25) is 4.90 Å². The number of benzene rings is 1. The second-order valence-electron chi connectivity index (χ2n) is 6.74. The Morgan fingerprint density at radius 3 is 2.76 bits per heavy atom. The molecule has 1 heterocycles. The van der Waals surface area contributed by atoms with Crippen LogP contribution in [0.15, 0.2) is 18.2 Å². The van der Waals surface area contributed by atoms with Crippen LogP contribution in [0.1, 0.15) is 51.2 Å². The highest BCUT2D eigenvalue weighted by molar-refractivity contribution is 6.31. The normalized spacial score (nSPS) is 27.0. The van der Waals surface area contributed by atoms with Crippen LogP contribution in [-0.2, 0) is 6.54 Å². The Kier molecular flexibility index (Phi) is 5.70. The van der Waals surface area contributed by atoms with E-state index in [1.165, 1.54) is 24.0 Å². The molecule has 0 saturated carbocycles. The molecule has 2 rings (SSSR count). The fourth-order valence-corrected chi connectivity index (χ4v) is 3.46. The maximum Gasteiger partial charge on any atom is 0.0453 e. The van der Waals surface area contributed by atoms with Crippen molar-refractivity contribution in [2.24, 2.45) is 0 Å². The van der Waals surface area contributed by atoms with Crippen LogP contribution >= 0.6 is 11.6 Å². The van der Waals surface area contributed by atoms with Crippen molar-refractivity contribution in [3.05, 3.63) is 34.3 Å². The first kappa shape index (κ1) is 16.8. The van der Waals surface area contributed by atoms with Crippen LogP contribution < -0.4 is 5.32 Å². The van der Waals surface area contributed by atoms with Crippen LogP contribution in [0.4, 0.5) is 0 Å². The Morgan fingerprint density at radius 1 is 1.38 bits per heavy atom. The Morgan fingerprint density at radius 2 is 2.14 bits per heavy atom. The lowest BCUT2D eigenvalue weighted by Gasteiger charge is -2.46. The van der Waals surface area contributed by atoms with Gasteiger partial charge < -0.3 is 5.32 Å².